The molecule has 2 aromatic rings. The lowest BCUT2D eigenvalue weighted by atomic mass is 9.73. The Morgan fingerprint density at radius 1 is 1.17 bits per heavy atom. The summed E-state index contributed by atoms with van der Waals surface area (Å²) < 4.78 is 37.0. The predicted molar refractivity (Wildman–Crippen MR) is 125 cm³/mol. The van der Waals surface area contributed by atoms with Crippen molar-refractivity contribution in [1.82, 2.24) is 9.91 Å². The van der Waals surface area contributed by atoms with E-state index in [9.17, 15) is 23.2 Å². The molecule has 0 unspecified atom stereocenters. The Bertz CT molecular complexity index is 1190. The molecular weight excluding hydrogens is 474 g/mol. The number of hydrazone groups is 1. The zero-order valence-corrected chi connectivity index (χ0v) is 19.7. The molecule has 0 radical (unpaired) electrons. The summed E-state index contributed by atoms with van der Waals surface area (Å²) in [5.74, 6) is -2.78. The Kier molecular flexibility index (Phi) is 7.18. The molecule has 11 heteroatoms. The molecule has 0 aliphatic carbocycles. The second-order valence-electron chi connectivity index (χ2n) is 8.77. The van der Waals surface area contributed by atoms with Gasteiger partial charge in [-0.15, -0.1) is 0 Å². The van der Waals surface area contributed by atoms with Crippen LogP contribution in [-0.2, 0) is 20.7 Å². The van der Waals surface area contributed by atoms with E-state index in [1.54, 1.807) is 7.05 Å². The number of piperidine rings is 1. The fourth-order valence-electron chi connectivity index (χ4n) is 4.64. The molecule has 4 rings (SSSR count). The van der Waals surface area contributed by atoms with Crippen LogP contribution in [0.25, 0.3) is 0 Å². The highest BCUT2D eigenvalue weighted by Gasteiger charge is 2.54. The first-order valence-corrected chi connectivity index (χ1v) is 11.4. The second-order valence-corrected chi connectivity index (χ2v) is 8.77. The average Bonchev–Trinajstić information content (AvgIpc) is 3.09. The Hall–Kier alpha value is -4.02. The number of carbonyl (C=O) groups excluding carboxylic acids is 3. The van der Waals surface area contributed by atoms with Gasteiger partial charge in [0.15, 0.2) is 17.7 Å². The van der Waals surface area contributed by atoms with Crippen LogP contribution in [0.15, 0.2) is 53.6 Å². The molecule has 3 amide bonds. The third-order valence-electron chi connectivity index (χ3n) is 6.34. The van der Waals surface area contributed by atoms with Crippen LogP contribution in [0, 0.1) is 17.0 Å². The van der Waals surface area contributed by atoms with Crippen molar-refractivity contribution in [3.8, 4) is 5.75 Å². The largest absolute Gasteiger partial charge is 0.493 e. The summed E-state index contributed by atoms with van der Waals surface area (Å²) in [7, 11) is 1.58. The number of rotatable bonds is 8. The average molecular weight is 501 g/mol. The maximum Gasteiger partial charge on any atom is 0.405 e. The van der Waals surface area contributed by atoms with Gasteiger partial charge in [-0.05, 0) is 24.1 Å². The normalized spacial score (nSPS) is 20.0. The van der Waals surface area contributed by atoms with Gasteiger partial charge < -0.3 is 20.1 Å². The van der Waals surface area contributed by atoms with Gasteiger partial charge in [0.05, 0.1) is 12.3 Å². The van der Waals surface area contributed by atoms with Gasteiger partial charge in [0.2, 0.25) is 0 Å². The van der Waals surface area contributed by atoms with E-state index < -0.39 is 35.2 Å². The first-order chi connectivity index (χ1) is 17.2. The number of ether oxygens (including phenoxy) is 2. The molecule has 1 saturated heterocycles. The van der Waals surface area contributed by atoms with Crippen molar-refractivity contribution in [3.05, 3.63) is 65.7 Å². The van der Waals surface area contributed by atoms with Crippen molar-refractivity contribution in [3.63, 3.8) is 0 Å². The summed E-state index contributed by atoms with van der Waals surface area (Å²) in [6.45, 7) is 0.204. The minimum absolute atomic E-state index is 0.0550. The molecule has 2 aliphatic rings. The summed E-state index contributed by atoms with van der Waals surface area (Å²) in [5, 5.41) is 5.73. The van der Waals surface area contributed by atoms with Gasteiger partial charge in [0, 0.05) is 39.0 Å². The van der Waals surface area contributed by atoms with Gasteiger partial charge in [-0.3, -0.25) is 9.59 Å². The van der Waals surface area contributed by atoms with Crippen LogP contribution >= 0.6 is 0 Å². The molecule has 190 valence electrons. The standard InChI is InChI=1S/C25H26F2N4O5/c1-30-23(33)25(14-16-5-3-2-4-6-16)15-31(11-9-21(25)29-30)22(32)20(36-24(28)34)10-12-35-17-7-8-18(26)19(27)13-17/h2-8,13,20H,9-12,14-15H2,1H3,(H2,28,34)/t20-,25-/m1/s1. The monoisotopic (exact) mass is 500 g/mol. The maximum atomic E-state index is 13.4. The number of hydrogen-bond donors (Lipinski definition) is 1. The summed E-state index contributed by atoms with van der Waals surface area (Å²) in [5.41, 5.74) is 5.80. The van der Waals surface area contributed by atoms with E-state index in [0.29, 0.717) is 18.6 Å². The molecule has 1 fully saturated rings. The van der Waals surface area contributed by atoms with Gasteiger partial charge in [-0.2, -0.15) is 5.10 Å². The zero-order valence-electron chi connectivity index (χ0n) is 19.7. The summed E-state index contributed by atoms with van der Waals surface area (Å²) in [6, 6.07) is 12.5. The molecule has 2 atom stereocenters. The van der Waals surface area contributed by atoms with Crippen LogP contribution in [-0.4, -0.2) is 66.4 Å². The number of fused-ring (bicyclic) bond motifs is 1. The Morgan fingerprint density at radius 3 is 2.61 bits per heavy atom. The number of likely N-dealkylation sites (tertiary alicyclic amines) is 1. The molecule has 36 heavy (non-hydrogen) atoms. The van der Waals surface area contributed by atoms with Crippen molar-refractivity contribution >= 4 is 23.6 Å². The highest BCUT2D eigenvalue weighted by atomic mass is 19.2. The second kappa shape index (κ2) is 10.3. The number of carbonyl (C=O) groups is 3. The summed E-state index contributed by atoms with van der Waals surface area (Å²) in [4.78, 5) is 39.6. The number of benzene rings is 2. The Balaban J connectivity index is 1.49. The molecular formula is C25H26F2N4O5. The van der Waals surface area contributed by atoms with Crippen LogP contribution in [0.1, 0.15) is 18.4 Å². The predicted octanol–water partition coefficient (Wildman–Crippen LogP) is 2.49. The minimum atomic E-state index is -1.28. The molecule has 2 N–H and O–H groups in total. The minimum Gasteiger partial charge on any atom is -0.493 e. The van der Waals surface area contributed by atoms with Crippen LogP contribution < -0.4 is 10.5 Å². The van der Waals surface area contributed by atoms with Crippen molar-refractivity contribution in [2.24, 2.45) is 16.3 Å². The third kappa shape index (κ3) is 5.14. The van der Waals surface area contributed by atoms with Gasteiger partial charge in [0.1, 0.15) is 11.2 Å². The summed E-state index contributed by atoms with van der Waals surface area (Å²) >= 11 is 0. The van der Waals surface area contributed by atoms with Crippen molar-refractivity contribution in [1.29, 1.82) is 0 Å². The lowest BCUT2D eigenvalue weighted by molar-refractivity contribution is -0.145. The Labute approximate surface area is 206 Å². The van der Waals surface area contributed by atoms with E-state index in [4.69, 9.17) is 15.2 Å². The molecule has 2 aliphatic heterocycles. The van der Waals surface area contributed by atoms with Crippen molar-refractivity contribution < 1.29 is 32.6 Å². The molecule has 2 heterocycles. The number of hydrogen-bond acceptors (Lipinski definition) is 6. The van der Waals surface area contributed by atoms with Gasteiger partial charge in [-0.1, -0.05) is 30.3 Å². The van der Waals surface area contributed by atoms with Crippen molar-refractivity contribution in [2.75, 3.05) is 26.7 Å². The van der Waals surface area contributed by atoms with Crippen LogP contribution in [0.5, 0.6) is 5.75 Å². The number of nitrogens with zero attached hydrogens (tertiary/aromatic N) is 3. The van der Waals surface area contributed by atoms with E-state index in [0.717, 1.165) is 17.7 Å². The molecule has 9 nitrogen and oxygen atoms in total. The van der Waals surface area contributed by atoms with E-state index in [-0.39, 0.29) is 37.8 Å². The molecule has 0 aromatic heterocycles. The molecule has 0 spiro atoms. The third-order valence-corrected chi connectivity index (χ3v) is 6.34. The molecule has 0 saturated carbocycles. The zero-order chi connectivity index (χ0) is 25.9. The highest BCUT2D eigenvalue weighted by Crippen LogP contribution is 2.38. The fraction of sp³-hybridized carbons (Fsp3) is 0.360. The Morgan fingerprint density at radius 2 is 1.92 bits per heavy atom. The van der Waals surface area contributed by atoms with Gasteiger partial charge in [-0.25, -0.2) is 18.6 Å². The summed E-state index contributed by atoms with van der Waals surface area (Å²) in [6.07, 6.45) is -1.77. The van der Waals surface area contributed by atoms with Crippen LogP contribution in [0.4, 0.5) is 13.6 Å². The smallest absolute Gasteiger partial charge is 0.405 e. The van der Waals surface area contributed by atoms with Crippen molar-refractivity contribution in [2.45, 2.75) is 25.4 Å². The molecule has 0 bridgehead atoms. The fourth-order valence-corrected chi connectivity index (χ4v) is 4.64. The maximum absolute atomic E-state index is 13.4. The number of primary amides is 1. The topological polar surface area (TPSA) is 115 Å². The lowest BCUT2D eigenvalue weighted by Crippen LogP contribution is -2.57. The van der Waals surface area contributed by atoms with E-state index in [1.165, 1.54) is 16.0 Å². The number of amides is 3. The first kappa shape index (κ1) is 25.1. The highest BCUT2D eigenvalue weighted by molar-refractivity contribution is 6.13. The van der Waals surface area contributed by atoms with Crippen LogP contribution in [0.2, 0.25) is 0 Å². The first-order valence-electron chi connectivity index (χ1n) is 11.4. The van der Waals surface area contributed by atoms with Gasteiger partial charge >= 0.3 is 6.09 Å². The van der Waals surface area contributed by atoms with E-state index >= 15 is 0 Å². The van der Waals surface area contributed by atoms with Crippen LogP contribution in [0.3, 0.4) is 0 Å². The van der Waals surface area contributed by atoms with E-state index in [2.05, 4.69) is 5.10 Å². The van der Waals surface area contributed by atoms with Gasteiger partial charge in [0.25, 0.3) is 11.8 Å². The van der Waals surface area contributed by atoms with E-state index in [1.807, 2.05) is 30.3 Å². The SMILES string of the molecule is CN1N=C2CCN(C(=O)[C@@H](CCOc3ccc(F)c(F)c3)OC(N)=O)C[C@@]2(Cc2ccccc2)C1=O. The lowest BCUT2D eigenvalue weighted by Gasteiger charge is -2.40. The quantitative estimate of drug-likeness (QED) is 0.598. The number of halogens is 2. The molecule has 2 aromatic carbocycles. The number of nitrogens with two attached hydrogens (primary N) is 1.